The van der Waals surface area contributed by atoms with Crippen LogP contribution in [0, 0.1) is 5.41 Å². The molecule has 0 aromatic heterocycles. The maximum absolute atomic E-state index is 2.49. The molecule has 2 aliphatic carbocycles. The third-order valence-corrected chi connectivity index (χ3v) is 10.3. The van der Waals surface area contributed by atoms with Crippen molar-refractivity contribution in [3.8, 4) is 11.1 Å². The smallest absolute Gasteiger partial charge is 1.00 e. The van der Waals surface area contributed by atoms with Gasteiger partial charge in [-0.2, -0.15) is 0 Å². The van der Waals surface area contributed by atoms with Crippen LogP contribution in [0.15, 0.2) is 80.2 Å². The normalized spacial score (nSPS) is 15.1. The summed E-state index contributed by atoms with van der Waals surface area (Å²) in [5.74, 6) is 0. The van der Waals surface area contributed by atoms with Gasteiger partial charge in [0, 0.05) is 0 Å². The average Bonchev–Trinajstić information content (AvgIpc) is 3.12. The molecule has 0 aliphatic heterocycles. The average molecular weight is 503 g/mol. The first-order chi connectivity index (χ1) is 12.8. The van der Waals surface area contributed by atoms with E-state index in [1.165, 1.54) is 27.8 Å². The molecule has 0 saturated heterocycles. The van der Waals surface area contributed by atoms with E-state index in [9.17, 15) is 0 Å². The molecule has 2 aliphatic rings. The Morgan fingerprint density at radius 2 is 1.31 bits per heavy atom. The Kier molecular flexibility index (Phi) is 7.65. The van der Waals surface area contributed by atoms with Crippen LogP contribution in [0.3, 0.4) is 0 Å². The van der Waals surface area contributed by atoms with E-state index in [1.807, 2.05) is 0 Å². The summed E-state index contributed by atoms with van der Waals surface area (Å²) in [6.45, 7) is 14.0. The monoisotopic (exact) mass is 500 g/mol. The van der Waals surface area contributed by atoms with Crippen LogP contribution >= 0.6 is 0 Å². The summed E-state index contributed by atoms with van der Waals surface area (Å²) in [7, 11) is 0. The van der Waals surface area contributed by atoms with Crippen molar-refractivity contribution < 1.29 is 48.0 Å². The third kappa shape index (κ3) is 4.30. The summed E-state index contributed by atoms with van der Waals surface area (Å²) in [6.07, 6.45) is 2.49. The minimum Gasteiger partial charge on any atom is -1.00 e. The molecule has 0 amide bonds. The van der Waals surface area contributed by atoms with Crippen LogP contribution in [0.4, 0.5) is 0 Å². The zero-order valence-electron chi connectivity index (χ0n) is 18.0. The number of allylic oxidation sites excluding steroid dienone is 6. The van der Waals surface area contributed by atoms with Gasteiger partial charge >= 0.3 is 176 Å². The van der Waals surface area contributed by atoms with Crippen molar-refractivity contribution in [3.63, 3.8) is 0 Å². The number of fused-ring (bicyclic) bond motifs is 3. The molecule has 0 N–H and O–H groups in total. The fourth-order valence-electron chi connectivity index (χ4n) is 4.48. The van der Waals surface area contributed by atoms with Crippen LogP contribution in [-0.2, 0) is 23.2 Å². The minimum absolute atomic E-state index is 0. The second-order valence-electron chi connectivity index (χ2n) is 8.97. The molecule has 150 valence electrons. The summed E-state index contributed by atoms with van der Waals surface area (Å²) < 4.78 is 2.33. The topological polar surface area (TPSA) is 0 Å². The maximum atomic E-state index is 2.49. The fraction of sp³-hybridized carbons (Fsp3) is 0.308. The molecule has 0 fully saturated rings. The van der Waals surface area contributed by atoms with Crippen molar-refractivity contribution in [2.24, 2.45) is 5.41 Å². The van der Waals surface area contributed by atoms with Crippen molar-refractivity contribution in [2.45, 2.75) is 45.2 Å². The molecule has 0 unspecified atom stereocenters. The van der Waals surface area contributed by atoms with Gasteiger partial charge in [-0.05, 0) is 0 Å². The van der Waals surface area contributed by atoms with Crippen LogP contribution in [0.25, 0.3) is 11.1 Å². The summed E-state index contributed by atoms with van der Waals surface area (Å²) in [5.41, 5.74) is 12.3. The van der Waals surface area contributed by atoms with E-state index in [0.717, 1.165) is 0 Å². The first-order valence-electron chi connectivity index (χ1n) is 9.85. The molecule has 0 radical (unpaired) electrons. The minimum atomic E-state index is -0.867. The molecular formula is C26H28Cl2Zr. The van der Waals surface area contributed by atoms with E-state index in [0.29, 0.717) is 3.63 Å². The van der Waals surface area contributed by atoms with Gasteiger partial charge in [-0.25, -0.2) is 0 Å². The van der Waals surface area contributed by atoms with Crippen LogP contribution in [0.2, 0.25) is 0 Å². The van der Waals surface area contributed by atoms with E-state index >= 15 is 0 Å². The van der Waals surface area contributed by atoms with Crippen LogP contribution in [0.1, 0.15) is 56.3 Å². The summed E-state index contributed by atoms with van der Waals surface area (Å²) >= 11 is -0.867. The Bertz CT molecular complexity index is 969. The van der Waals surface area contributed by atoms with E-state index in [2.05, 4.69) is 96.1 Å². The molecule has 0 saturated carbocycles. The van der Waals surface area contributed by atoms with E-state index in [4.69, 9.17) is 0 Å². The van der Waals surface area contributed by atoms with E-state index in [1.54, 1.807) is 20.0 Å². The van der Waals surface area contributed by atoms with Gasteiger partial charge in [0.05, 0.1) is 0 Å². The first kappa shape index (κ1) is 24.4. The van der Waals surface area contributed by atoms with Crippen molar-refractivity contribution in [2.75, 3.05) is 0 Å². The Hall–Kier alpha value is -0.877. The number of halogens is 2. The molecule has 3 heteroatoms. The largest absolute Gasteiger partial charge is 1.00 e. The van der Waals surface area contributed by atoms with Gasteiger partial charge < -0.3 is 24.8 Å². The molecule has 0 bridgehead atoms. The molecule has 2 aromatic rings. The van der Waals surface area contributed by atoms with Gasteiger partial charge in [-0.3, -0.25) is 0 Å². The zero-order chi connectivity index (χ0) is 19.3. The Balaban J connectivity index is 0.00000150. The second-order valence-corrected chi connectivity index (χ2v) is 12.3. The number of hydrogen-bond donors (Lipinski definition) is 0. The van der Waals surface area contributed by atoms with E-state index < -0.39 is 23.2 Å². The fourth-order valence-corrected chi connectivity index (χ4v) is 9.23. The standard InChI is InChI=1S/C13H9.C13H19.2ClH.Zr/c1-3-7-12-10(5-1)9-11-6-2-4-8-13(11)12;1-9(2)11-7-10(3)12(8-11)13(4,5)6;;;/h1-9H;8H,1-6H3;2*1H;/q;;;;+2/p-2. The van der Waals surface area contributed by atoms with Gasteiger partial charge in [-0.1, -0.05) is 0 Å². The van der Waals surface area contributed by atoms with Gasteiger partial charge in [-0.15, -0.1) is 0 Å². The molecular weight excluding hydrogens is 474 g/mol. The summed E-state index contributed by atoms with van der Waals surface area (Å²) in [5, 5.41) is 0. The predicted molar refractivity (Wildman–Crippen MR) is 112 cm³/mol. The second kappa shape index (κ2) is 9.09. The Morgan fingerprint density at radius 1 is 0.828 bits per heavy atom. The zero-order valence-corrected chi connectivity index (χ0v) is 22.0. The number of hydrogen-bond acceptors (Lipinski definition) is 0. The molecule has 0 nitrogen and oxygen atoms in total. The first-order valence-corrected chi connectivity index (χ1v) is 12.5. The molecule has 4 rings (SSSR count). The molecule has 0 atom stereocenters. The molecule has 2 aromatic carbocycles. The Labute approximate surface area is 200 Å². The molecule has 0 heterocycles. The number of rotatable bonds is 2. The van der Waals surface area contributed by atoms with Gasteiger partial charge in [0.2, 0.25) is 0 Å². The van der Waals surface area contributed by atoms with Crippen molar-refractivity contribution in [1.29, 1.82) is 0 Å². The van der Waals surface area contributed by atoms with Crippen molar-refractivity contribution >= 4 is 0 Å². The summed E-state index contributed by atoms with van der Waals surface area (Å²) in [6, 6.07) is 18.2. The SMILES string of the molecule is CC(C)=C1C=C(C(C)(C)C)C(C)=[C]1[Zr+2][CH]1c2ccccc2-c2ccccc21.[Cl-].[Cl-]. The van der Waals surface area contributed by atoms with Crippen molar-refractivity contribution in [1.82, 2.24) is 0 Å². The number of benzene rings is 2. The van der Waals surface area contributed by atoms with Crippen molar-refractivity contribution in [3.05, 3.63) is 91.3 Å². The predicted octanol–water partition coefficient (Wildman–Crippen LogP) is 1.44. The summed E-state index contributed by atoms with van der Waals surface area (Å²) in [4.78, 5) is 0. The quantitative estimate of drug-likeness (QED) is 0.583. The van der Waals surface area contributed by atoms with Gasteiger partial charge in [0.15, 0.2) is 0 Å². The van der Waals surface area contributed by atoms with Gasteiger partial charge in [0.1, 0.15) is 0 Å². The van der Waals surface area contributed by atoms with Crippen LogP contribution in [0.5, 0.6) is 0 Å². The Morgan fingerprint density at radius 3 is 1.76 bits per heavy atom. The molecule has 29 heavy (non-hydrogen) atoms. The van der Waals surface area contributed by atoms with Crippen LogP contribution in [-0.4, -0.2) is 0 Å². The maximum Gasteiger partial charge on any atom is -1.00 e. The van der Waals surface area contributed by atoms with Crippen LogP contribution < -0.4 is 24.8 Å². The van der Waals surface area contributed by atoms with E-state index in [-0.39, 0.29) is 30.2 Å². The third-order valence-electron chi connectivity index (χ3n) is 5.81. The van der Waals surface area contributed by atoms with Gasteiger partial charge in [0.25, 0.3) is 0 Å². The molecule has 0 spiro atoms.